The van der Waals surface area contributed by atoms with Crippen molar-refractivity contribution in [2.24, 2.45) is 5.92 Å². The lowest BCUT2D eigenvalue weighted by molar-refractivity contribution is -0.120. The van der Waals surface area contributed by atoms with Crippen molar-refractivity contribution in [3.63, 3.8) is 0 Å². The standard InChI is InChI=1S/C12H17NO2S/c1-9(8-14)7-13-12(15)6-10-2-4-11(16)5-3-10/h2-5,9,14,16H,6-8H2,1H3,(H,13,15). The van der Waals surface area contributed by atoms with Gasteiger partial charge in [-0.05, 0) is 23.6 Å². The number of aliphatic hydroxyl groups is 1. The zero-order chi connectivity index (χ0) is 12.0. The molecule has 88 valence electrons. The summed E-state index contributed by atoms with van der Waals surface area (Å²) < 4.78 is 0. The smallest absolute Gasteiger partial charge is 0.224 e. The Balaban J connectivity index is 2.37. The van der Waals surface area contributed by atoms with E-state index < -0.39 is 0 Å². The molecule has 0 aliphatic carbocycles. The van der Waals surface area contributed by atoms with Crippen LogP contribution in [0.4, 0.5) is 0 Å². The summed E-state index contributed by atoms with van der Waals surface area (Å²) in [7, 11) is 0. The van der Waals surface area contributed by atoms with Crippen LogP contribution in [-0.4, -0.2) is 24.2 Å². The highest BCUT2D eigenvalue weighted by Gasteiger charge is 2.05. The van der Waals surface area contributed by atoms with Crippen molar-refractivity contribution < 1.29 is 9.90 Å². The molecule has 0 radical (unpaired) electrons. The fourth-order valence-electron chi connectivity index (χ4n) is 1.21. The van der Waals surface area contributed by atoms with Crippen LogP contribution in [0.2, 0.25) is 0 Å². The first-order chi connectivity index (χ1) is 7.61. The van der Waals surface area contributed by atoms with Crippen LogP contribution in [0.1, 0.15) is 12.5 Å². The molecule has 1 aromatic carbocycles. The number of carbonyl (C=O) groups is 1. The minimum absolute atomic E-state index is 0.0211. The minimum atomic E-state index is -0.0211. The Morgan fingerprint density at radius 3 is 2.62 bits per heavy atom. The van der Waals surface area contributed by atoms with Crippen molar-refractivity contribution >= 4 is 18.5 Å². The van der Waals surface area contributed by atoms with Crippen LogP contribution in [0.25, 0.3) is 0 Å². The van der Waals surface area contributed by atoms with Gasteiger partial charge in [0.05, 0.1) is 6.42 Å². The summed E-state index contributed by atoms with van der Waals surface area (Å²) in [5.41, 5.74) is 0.965. The van der Waals surface area contributed by atoms with Crippen LogP contribution in [0.5, 0.6) is 0 Å². The first-order valence-electron chi connectivity index (χ1n) is 5.27. The van der Waals surface area contributed by atoms with Gasteiger partial charge in [-0.15, -0.1) is 12.6 Å². The van der Waals surface area contributed by atoms with Gasteiger partial charge in [0, 0.05) is 18.0 Å². The molecule has 0 bridgehead atoms. The van der Waals surface area contributed by atoms with Gasteiger partial charge >= 0.3 is 0 Å². The van der Waals surface area contributed by atoms with Crippen LogP contribution in [0.3, 0.4) is 0 Å². The predicted molar refractivity (Wildman–Crippen MR) is 66.7 cm³/mol. The van der Waals surface area contributed by atoms with E-state index in [0.717, 1.165) is 10.5 Å². The Hall–Kier alpha value is -1.00. The molecule has 0 aromatic heterocycles. The highest BCUT2D eigenvalue weighted by atomic mass is 32.1. The Labute approximate surface area is 101 Å². The van der Waals surface area contributed by atoms with Gasteiger partial charge in [0.25, 0.3) is 0 Å². The van der Waals surface area contributed by atoms with Gasteiger partial charge in [-0.25, -0.2) is 0 Å². The lowest BCUT2D eigenvalue weighted by Gasteiger charge is -2.09. The lowest BCUT2D eigenvalue weighted by Crippen LogP contribution is -2.30. The summed E-state index contributed by atoms with van der Waals surface area (Å²) >= 11 is 4.17. The fourth-order valence-corrected chi connectivity index (χ4v) is 1.36. The second-order valence-corrected chi connectivity index (χ2v) is 4.45. The highest BCUT2D eigenvalue weighted by Crippen LogP contribution is 2.08. The Morgan fingerprint density at radius 1 is 1.44 bits per heavy atom. The molecule has 1 amide bonds. The van der Waals surface area contributed by atoms with E-state index in [9.17, 15) is 4.79 Å². The molecule has 2 N–H and O–H groups in total. The van der Waals surface area contributed by atoms with Crippen molar-refractivity contribution in [1.82, 2.24) is 5.32 Å². The lowest BCUT2D eigenvalue weighted by atomic mass is 10.1. The number of nitrogens with one attached hydrogen (secondary N) is 1. The SMILES string of the molecule is CC(CO)CNC(=O)Cc1ccc(S)cc1. The number of thiol groups is 1. The number of aliphatic hydroxyl groups excluding tert-OH is 1. The second kappa shape index (κ2) is 6.55. The van der Waals surface area contributed by atoms with Crippen LogP contribution >= 0.6 is 12.6 Å². The number of benzene rings is 1. The highest BCUT2D eigenvalue weighted by molar-refractivity contribution is 7.80. The molecule has 0 saturated heterocycles. The molecule has 16 heavy (non-hydrogen) atoms. The molecule has 1 rings (SSSR count). The average Bonchev–Trinajstić information content (AvgIpc) is 2.29. The maximum Gasteiger partial charge on any atom is 0.224 e. The van der Waals surface area contributed by atoms with E-state index in [1.807, 2.05) is 31.2 Å². The van der Waals surface area contributed by atoms with Gasteiger partial charge in [0.15, 0.2) is 0 Å². The number of hydrogen-bond acceptors (Lipinski definition) is 3. The molecule has 0 aliphatic rings. The molecule has 0 heterocycles. The van der Waals surface area contributed by atoms with Gasteiger partial charge in [-0.1, -0.05) is 19.1 Å². The first kappa shape index (κ1) is 13.1. The zero-order valence-corrected chi connectivity index (χ0v) is 10.2. The number of rotatable bonds is 5. The normalized spacial score (nSPS) is 12.2. The zero-order valence-electron chi connectivity index (χ0n) is 9.31. The largest absolute Gasteiger partial charge is 0.396 e. The molecule has 0 saturated carbocycles. The van der Waals surface area contributed by atoms with Crippen LogP contribution in [0, 0.1) is 5.92 Å². The molecule has 3 nitrogen and oxygen atoms in total. The summed E-state index contributed by atoms with van der Waals surface area (Å²) in [4.78, 5) is 12.4. The maximum absolute atomic E-state index is 11.5. The van der Waals surface area contributed by atoms with E-state index in [0.29, 0.717) is 13.0 Å². The summed E-state index contributed by atoms with van der Waals surface area (Å²) in [5, 5.41) is 11.6. The topological polar surface area (TPSA) is 49.3 Å². The summed E-state index contributed by atoms with van der Waals surface area (Å²) in [6.07, 6.45) is 0.367. The molecule has 1 aromatic rings. The maximum atomic E-state index is 11.5. The molecule has 1 atom stereocenters. The van der Waals surface area contributed by atoms with Gasteiger partial charge in [0.1, 0.15) is 0 Å². The third-order valence-electron chi connectivity index (χ3n) is 2.26. The predicted octanol–water partition coefficient (Wildman–Crippen LogP) is 1.26. The number of hydrogen-bond donors (Lipinski definition) is 3. The summed E-state index contributed by atoms with van der Waals surface area (Å²) in [6, 6.07) is 7.50. The van der Waals surface area contributed by atoms with E-state index in [-0.39, 0.29) is 18.4 Å². The van der Waals surface area contributed by atoms with E-state index in [2.05, 4.69) is 17.9 Å². The molecule has 0 fully saturated rings. The molecule has 0 spiro atoms. The monoisotopic (exact) mass is 239 g/mol. The van der Waals surface area contributed by atoms with Crippen molar-refractivity contribution in [2.75, 3.05) is 13.2 Å². The Bertz CT molecular complexity index is 337. The first-order valence-corrected chi connectivity index (χ1v) is 5.72. The summed E-state index contributed by atoms with van der Waals surface area (Å²) in [5.74, 6) is 0.0796. The van der Waals surface area contributed by atoms with Crippen LogP contribution in [0.15, 0.2) is 29.2 Å². The van der Waals surface area contributed by atoms with Crippen molar-refractivity contribution in [3.8, 4) is 0 Å². The van der Waals surface area contributed by atoms with Gasteiger partial charge in [0.2, 0.25) is 5.91 Å². The fraction of sp³-hybridized carbons (Fsp3) is 0.417. The third-order valence-corrected chi connectivity index (χ3v) is 2.56. The number of amides is 1. The quantitative estimate of drug-likeness (QED) is 0.678. The van der Waals surface area contributed by atoms with E-state index in [1.165, 1.54) is 0 Å². The van der Waals surface area contributed by atoms with Crippen molar-refractivity contribution in [1.29, 1.82) is 0 Å². The number of carbonyl (C=O) groups excluding carboxylic acids is 1. The van der Waals surface area contributed by atoms with Gasteiger partial charge in [-0.2, -0.15) is 0 Å². The van der Waals surface area contributed by atoms with E-state index in [4.69, 9.17) is 5.11 Å². The molecule has 0 aliphatic heterocycles. The minimum Gasteiger partial charge on any atom is -0.396 e. The van der Waals surface area contributed by atoms with Crippen LogP contribution < -0.4 is 5.32 Å². The molecule has 4 heteroatoms. The molecular weight excluding hydrogens is 222 g/mol. The second-order valence-electron chi connectivity index (χ2n) is 3.94. The van der Waals surface area contributed by atoms with Crippen molar-refractivity contribution in [2.45, 2.75) is 18.2 Å². The van der Waals surface area contributed by atoms with Gasteiger partial charge < -0.3 is 10.4 Å². The molecular formula is C12H17NO2S. The van der Waals surface area contributed by atoms with Crippen molar-refractivity contribution in [3.05, 3.63) is 29.8 Å². The van der Waals surface area contributed by atoms with E-state index in [1.54, 1.807) is 0 Å². The van der Waals surface area contributed by atoms with E-state index >= 15 is 0 Å². The third kappa shape index (κ3) is 4.68. The average molecular weight is 239 g/mol. The van der Waals surface area contributed by atoms with Crippen LogP contribution in [-0.2, 0) is 11.2 Å². The van der Waals surface area contributed by atoms with Gasteiger partial charge in [-0.3, -0.25) is 4.79 Å². The Morgan fingerprint density at radius 2 is 2.06 bits per heavy atom. The molecule has 1 unspecified atom stereocenters. The summed E-state index contributed by atoms with van der Waals surface area (Å²) in [6.45, 7) is 2.49. The Kier molecular flexibility index (Phi) is 5.35.